The first-order valence-electron chi connectivity index (χ1n) is 27.1. The van der Waals surface area contributed by atoms with Crippen molar-refractivity contribution >= 4 is 92.9 Å². The van der Waals surface area contributed by atoms with Gasteiger partial charge in [-0.3, -0.25) is 0 Å². The number of aromatic nitrogens is 6. The monoisotopic (exact) mass is 1040 g/mol. The number of hydrogen-bond acceptors (Lipinski definition) is 4. The number of fused-ring (bicyclic) bond motifs is 14. The van der Waals surface area contributed by atoms with Gasteiger partial charge in [0.05, 0.1) is 79.0 Å². The zero-order valence-electron chi connectivity index (χ0n) is 43.7. The molecule has 9 nitrogen and oxygen atoms in total. The average molecular weight is 1040 g/mol. The normalized spacial score (nSPS) is 11.6. The third kappa shape index (κ3) is 6.71. The molecule has 0 amide bonds. The van der Waals surface area contributed by atoms with E-state index in [1.807, 2.05) is 91.0 Å². The first-order chi connectivity index (χ1) is 40.6. The minimum atomic E-state index is 0.225. The number of nitriles is 2. The van der Waals surface area contributed by atoms with Gasteiger partial charge in [0.1, 0.15) is 17.7 Å². The number of para-hydroxylation sites is 6. The Bertz CT molecular complexity index is 5170. The molecule has 378 valence electrons. The van der Waals surface area contributed by atoms with E-state index >= 15 is 0 Å². The van der Waals surface area contributed by atoms with Crippen molar-refractivity contribution in [2.75, 3.05) is 0 Å². The van der Waals surface area contributed by atoms with E-state index in [2.05, 4.69) is 193 Å². The highest BCUT2D eigenvalue weighted by Gasteiger charge is 2.26. The molecule has 0 saturated heterocycles. The summed E-state index contributed by atoms with van der Waals surface area (Å²) in [6.45, 7) is 8.77. The Balaban J connectivity index is 0.871. The fourth-order valence-corrected chi connectivity index (χ4v) is 12.9. The molecule has 0 aliphatic rings. The van der Waals surface area contributed by atoms with Crippen LogP contribution in [0.4, 0.5) is 5.69 Å². The van der Waals surface area contributed by atoms with E-state index in [-0.39, 0.29) is 5.56 Å². The van der Waals surface area contributed by atoms with Crippen LogP contribution in [-0.4, -0.2) is 28.2 Å². The van der Waals surface area contributed by atoms with E-state index in [1.54, 1.807) is 0 Å². The Labute approximate surface area is 469 Å². The fraction of sp³-hybridized carbons (Fsp3) is 0. The summed E-state index contributed by atoms with van der Waals surface area (Å²) < 4.78 is 9.02. The summed E-state index contributed by atoms with van der Waals surface area (Å²) in [5, 5.41) is 31.4. The van der Waals surface area contributed by atoms with Crippen LogP contribution in [0.5, 0.6) is 0 Å². The zero-order valence-corrected chi connectivity index (χ0v) is 43.7. The molecule has 5 heterocycles. The summed E-state index contributed by atoms with van der Waals surface area (Å²) in [5.41, 5.74) is 15.5. The largest absolute Gasteiger partial charge is 0.319 e. The maximum Gasteiger partial charge on any atom is 0.211 e. The molecule has 16 aromatic rings. The van der Waals surface area contributed by atoms with Gasteiger partial charge in [-0.15, -0.1) is 0 Å². The molecule has 0 radical (unpaired) electrons. The van der Waals surface area contributed by atoms with Gasteiger partial charge in [-0.1, -0.05) is 152 Å². The minimum Gasteiger partial charge on any atom is -0.319 e. The number of rotatable bonds is 7. The summed E-state index contributed by atoms with van der Waals surface area (Å²) >= 11 is 0. The lowest BCUT2D eigenvalue weighted by atomic mass is 9.98. The second kappa shape index (κ2) is 18.1. The van der Waals surface area contributed by atoms with Crippen LogP contribution >= 0.6 is 0 Å². The van der Waals surface area contributed by atoms with Crippen LogP contribution in [0, 0.1) is 29.2 Å². The van der Waals surface area contributed by atoms with Crippen molar-refractivity contribution in [2.24, 2.45) is 0 Å². The van der Waals surface area contributed by atoms with E-state index in [0.717, 1.165) is 104 Å². The lowest BCUT2D eigenvalue weighted by Gasteiger charge is -2.16. The van der Waals surface area contributed by atoms with E-state index in [0.29, 0.717) is 51.0 Å². The molecule has 0 bridgehead atoms. The molecule has 16 rings (SSSR count). The number of nitrogens with zero attached hydrogens (tertiary/aromatic N) is 9. The molecule has 11 aromatic carbocycles. The highest BCUT2D eigenvalue weighted by Crippen LogP contribution is 2.46. The maximum atomic E-state index is 11.3. The molecule has 82 heavy (non-hydrogen) atoms. The third-order valence-electron chi connectivity index (χ3n) is 16.3. The van der Waals surface area contributed by atoms with Gasteiger partial charge in [0.25, 0.3) is 0 Å². The Kier molecular flexibility index (Phi) is 10.2. The third-order valence-corrected chi connectivity index (χ3v) is 16.3. The second-order valence-electron chi connectivity index (χ2n) is 20.5. The summed E-state index contributed by atoms with van der Waals surface area (Å²) in [6, 6.07) is 89.7. The van der Waals surface area contributed by atoms with Gasteiger partial charge in [0.2, 0.25) is 5.69 Å². The Morgan fingerprint density at radius 1 is 0.341 bits per heavy atom. The van der Waals surface area contributed by atoms with Crippen LogP contribution in [0.1, 0.15) is 11.1 Å². The smallest absolute Gasteiger partial charge is 0.211 e. The van der Waals surface area contributed by atoms with E-state index in [1.165, 1.54) is 0 Å². The Morgan fingerprint density at radius 3 is 1.16 bits per heavy atom. The van der Waals surface area contributed by atoms with Crippen LogP contribution in [0.2, 0.25) is 0 Å². The first-order valence-corrected chi connectivity index (χ1v) is 27.1. The van der Waals surface area contributed by atoms with Gasteiger partial charge < -0.3 is 18.3 Å². The molecule has 0 saturated carbocycles. The predicted octanol–water partition coefficient (Wildman–Crippen LogP) is 18.2. The van der Waals surface area contributed by atoms with Gasteiger partial charge in [-0.25, -0.2) is 14.8 Å². The van der Waals surface area contributed by atoms with Crippen molar-refractivity contribution < 1.29 is 0 Å². The molecule has 0 spiro atoms. The Morgan fingerprint density at radius 2 is 0.720 bits per heavy atom. The highest BCUT2D eigenvalue weighted by molar-refractivity contribution is 6.30. The molecule has 9 heteroatoms. The summed E-state index contributed by atoms with van der Waals surface area (Å²) in [7, 11) is 0. The SMILES string of the molecule is [C-]#[N+]c1cc(-c2nc(-c3ccccc3)nc(-c3ccc(-n4c5ccccc5c5c6c7ccccc7n(-c7ccccc7)c6ccc54)c(C#N)c3)c2C#N)ccc1-n1c2ccccc2c2c3c4ccccc4n(-c4ccccc4)c3ccc21. The summed E-state index contributed by atoms with van der Waals surface area (Å²) in [5.74, 6) is 0.405. The molecule has 0 N–H and O–H groups in total. The first kappa shape index (κ1) is 46.3. The van der Waals surface area contributed by atoms with Crippen molar-refractivity contribution in [1.29, 1.82) is 10.5 Å². The van der Waals surface area contributed by atoms with Crippen molar-refractivity contribution in [3.05, 3.63) is 271 Å². The molecule has 0 aliphatic heterocycles. The molecule has 5 aromatic heterocycles. The van der Waals surface area contributed by atoms with Gasteiger partial charge in [-0.2, -0.15) is 10.5 Å². The van der Waals surface area contributed by atoms with E-state index < -0.39 is 0 Å². The molecular formula is C73H41N9. The standard InChI is InChI=1S/C73H41N9/c1-76-56-42-47(34-36-62(56)82-61-32-18-14-28-54(61)70-66(82)40-38-64-68(70)52-26-12-16-30-59(52)80(64)50-23-9-4-10-24-50)72-55(44-75)71(77-73(78-72)45-19-5-2-6-20-45)46-33-35-57(48(41-46)43-74)81-60-31-17-13-27-53(60)69-65(81)39-37-63-67(69)51-25-11-15-29-58(51)79(63)49-21-7-3-8-22-49/h2-42H. The quantitative estimate of drug-likeness (QED) is 0.149. The number of benzene rings is 11. The summed E-state index contributed by atoms with van der Waals surface area (Å²) in [4.78, 5) is 14.5. The number of hydrogen-bond donors (Lipinski definition) is 0. The van der Waals surface area contributed by atoms with Crippen LogP contribution in [-0.2, 0) is 0 Å². The summed E-state index contributed by atoms with van der Waals surface area (Å²) in [6.07, 6.45) is 0. The van der Waals surface area contributed by atoms with Crippen molar-refractivity contribution in [1.82, 2.24) is 28.2 Å². The Hall–Kier alpha value is -11.8. The molecule has 0 unspecified atom stereocenters. The van der Waals surface area contributed by atoms with Crippen LogP contribution in [0.15, 0.2) is 249 Å². The maximum absolute atomic E-state index is 11.3. The van der Waals surface area contributed by atoms with Crippen molar-refractivity contribution in [3.63, 3.8) is 0 Å². The fourth-order valence-electron chi connectivity index (χ4n) is 12.9. The predicted molar refractivity (Wildman–Crippen MR) is 331 cm³/mol. The topological polar surface area (TPSA) is 97.4 Å². The van der Waals surface area contributed by atoms with E-state index in [9.17, 15) is 10.5 Å². The second-order valence-corrected chi connectivity index (χ2v) is 20.5. The lowest BCUT2D eigenvalue weighted by molar-refractivity contribution is 1.15. The van der Waals surface area contributed by atoms with Gasteiger partial charge in [0.15, 0.2) is 5.82 Å². The van der Waals surface area contributed by atoms with Crippen LogP contribution in [0.25, 0.3) is 149 Å². The van der Waals surface area contributed by atoms with Crippen LogP contribution < -0.4 is 0 Å². The molecule has 0 fully saturated rings. The minimum absolute atomic E-state index is 0.225. The lowest BCUT2D eigenvalue weighted by Crippen LogP contribution is -2.03. The highest BCUT2D eigenvalue weighted by atomic mass is 15.0. The average Bonchev–Trinajstić information content (AvgIpc) is 3.73. The van der Waals surface area contributed by atoms with Crippen molar-refractivity contribution in [3.8, 4) is 68.8 Å². The van der Waals surface area contributed by atoms with Gasteiger partial charge in [-0.05, 0) is 103 Å². The van der Waals surface area contributed by atoms with Crippen molar-refractivity contribution in [2.45, 2.75) is 0 Å². The molecular weight excluding hydrogens is 1000 g/mol. The molecule has 0 aliphatic carbocycles. The van der Waals surface area contributed by atoms with Crippen LogP contribution in [0.3, 0.4) is 0 Å². The van der Waals surface area contributed by atoms with Gasteiger partial charge in [0, 0.05) is 65.6 Å². The zero-order chi connectivity index (χ0) is 54.6. The van der Waals surface area contributed by atoms with E-state index in [4.69, 9.17) is 16.5 Å². The molecule has 0 atom stereocenters. The van der Waals surface area contributed by atoms with Gasteiger partial charge >= 0.3 is 0 Å².